The molecule has 0 N–H and O–H groups in total. The first-order chi connectivity index (χ1) is 18.3. The van der Waals surface area contributed by atoms with Gasteiger partial charge in [0.25, 0.3) is 0 Å². The van der Waals surface area contributed by atoms with E-state index >= 15 is 0 Å². The summed E-state index contributed by atoms with van der Waals surface area (Å²) in [5.41, 5.74) is 3.42. The zero-order chi connectivity index (χ0) is 26.7. The molecular formula is C28H35N7O2Si. The van der Waals surface area contributed by atoms with Crippen LogP contribution in [0.15, 0.2) is 42.9 Å². The first kappa shape index (κ1) is 26.1. The number of aryl methyl sites for hydroxylation is 1. The third-order valence-corrected chi connectivity index (χ3v) is 8.24. The first-order valence-corrected chi connectivity index (χ1v) is 16.7. The van der Waals surface area contributed by atoms with E-state index in [0.717, 1.165) is 47.4 Å². The number of benzene rings is 1. The quantitative estimate of drug-likeness (QED) is 0.202. The Hall–Kier alpha value is -3.52. The van der Waals surface area contributed by atoms with Crippen LogP contribution in [-0.4, -0.2) is 69.6 Å². The molecule has 0 saturated carbocycles. The number of nitrogens with zero attached hydrogens (tertiary/aromatic N) is 7. The van der Waals surface area contributed by atoms with Crippen LogP contribution in [0, 0.1) is 11.8 Å². The number of anilines is 1. The van der Waals surface area contributed by atoms with Gasteiger partial charge in [0.1, 0.15) is 6.73 Å². The minimum absolute atomic E-state index is 0.185. The molecule has 1 fully saturated rings. The minimum Gasteiger partial charge on any atom is -0.377 e. The van der Waals surface area contributed by atoms with Crippen molar-refractivity contribution in [3.63, 3.8) is 0 Å². The van der Waals surface area contributed by atoms with Gasteiger partial charge in [0, 0.05) is 40.0 Å². The SMILES string of the molecule is C[C@H]1COCCN1c1nc(C#Cc2nc(-c3ccccc3)cn2COCC[Si](C)(C)C)nc2c1ncn2C. The van der Waals surface area contributed by atoms with Gasteiger partial charge in [-0.15, -0.1) is 0 Å². The number of morpholine rings is 1. The lowest BCUT2D eigenvalue weighted by Crippen LogP contribution is -2.44. The zero-order valence-electron chi connectivity index (χ0n) is 22.8. The molecule has 1 atom stereocenters. The molecule has 1 aliphatic heterocycles. The van der Waals surface area contributed by atoms with Crippen molar-refractivity contribution in [1.29, 1.82) is 0 Å². The second-order valence-electron chi connectivity index (χ2n) is 10.9. The summed E-state index contributed by atoms with van der Waals surface area (Å²) in [6, 6.07) is 11.4. The van der Waals surface area contributed by atoms with Crippen LogP contribution in [0.5, 0.6) is 0 Å². The summed E-state index contributed by atoms with van der Waals surface area (Å²) in [4.78, 5) is 21.2. The molecule has 0 amide bonds. The highest BCUT2D eigenvalue weighted by molar-refractivity contribution is 6.76. The van der Waals surface area contributed by atoms with Gasteiger partial charge in [0.05, 0.1) is 31.3 Å². The molecule has 1 aromatic carbocycles. The molecule has 1 aliphatic rings. The summed E-state index contributed by atoms with van der Waals surface area (Å²) in [5.74, 6) is 8.25. The molecule has 0 bridgehead atoms. The van der Waals surface area contributed by atoms with E-state index in [1.54, 1.807) is 6.33 Å². The number of imidazole rings is 2. The van der Waals surface area contributed by atoms with Crippen LogP contribution in [0.1, 0.15) is 18.6 Å². The maximum Gasteiger partial charge on any atom is 0.209 e. The highest BCUT2D eigenvalue weighted by Gasteiger charge is 2.24. The summed E-state index contributed by atoms with van der Waals surface area (Å²) in [5, 5.41) is 0. The molecule has 5 rings (SSSR count). The maximum atomic E-state index is 6.04. The zero-order valence-corrected chi connectivity index (χ0v) is 23.8. The molecule has 0 spiro atoms. The van der Waals surface area contributed by atoms with E-state index in [9.17, 15) is 0 Å². The lowest BCUT2D eigenvalue weighted by Gasteiger charge is -2.34. The minimum atomic E-state index is -1.18. The average molecular weight is 530 g/mol. The van der Waals surface area contributed by atoms with E-state index in [2.05, 4.69) is 48.3 Å². The summed E-state index contributed by atoms with van der Waals surface area (Å²) >= 11 is 0. The fourth-order valence-corrected chi connectivity index (χ4v) is 5.06. The lowest BCUT2D eigenvalue weighted by atomic mass is 10.2. The molecule has 1 saturated heterocycles. The molecule has 0 radical (unpaired) electrons. The molecule has 4 aromatic rings. The highest BCUT2D eigenvalue weighted by Crippen LogP contribution is 2.25. The normalized spacial score (nSPS) is 16.0. The summed E-state index contributed by atoms with van der Waals surface area (Å²) in [6.45, 7) is 12.4. The van der Waals surface area contributed by atoms with Crippen molar-refractivity contribution in [2.45, 2.75) is 45.4 Å². The van der Waals surface area contributed by atoms with Gasteiger partial charge < -0.3 is 18.9 Å². The van der Waals surface area contributed by atoms with Crippen LogP contribution in [-0.2, 0) is 23.3 Å². The Morgan fingerprint density at radius 1 is 1.11 bits per heavy atom. The monoisotopic (exact) mass is 529 g/mol. The van der Waals surface area contributed by atoms with E-state index < -0.39 is 8.07 Å². The van der Waals surface area contributed by atoms with Crippen LogP contribution in [0.2, 0.25) is 25.7 Å². The third kappa shape index (κ3) is 5.96. The standard InChI is InChI=1S/C28H35N7O2Si/c1-21-18-36-14-13-35(21)28-26-27(33(2)19-29-26)31-24(32-28)11-12-25-30-23(22-9-7-6-8-10-22)17-34(25)20-37-15-16-38(3,4)5/h6-10,17,19,21H,13-16,18,20H2,1-5H3/t21-/m0/s1. The highest BCUT2D eigenvalue weighted by atomic mass is 28.3. The Bertz CT molecular complexity index is 1460. The van der Waals surface area contributed by atoms with E-state index in [-0.39, 0.29) is 6.04 Å². The Kier molecular flexibility index (Phi) is 7.60. The molecule has 3 aromatic heterocycles. The predicted octanol–water partition coefficient (Wildman–Crippen LogP) is 4.16. The smallest absolute Gasteiger partial charge is 0.209 e. The first-order valence-electron chi connectivity index (χ1n) is 13.0. The Morgan fingerprint density at radius 3 is 2.68 bits per heavy atom. The van der Waals surface area contributed by atoms with Crippen molar-refractivity contribution >= 4 is 25.1 Å². The second kappa shape index (κ2) is 11.1. The topological polar surface area (TPSA) is 83.1 Å². The van der Waals surface area contributed by atoms with E-state index in [1.165, 1.54) is 0 Å². The molecule has 198 valence electrons. The maximum absolute atomic E-state index is 6.04. The molecule has 10 heteroatoms. The summed E-state index contributed by atoms with van der Waals surface area (Å²) in [7, 11) is 0.758. The van der Waals surface area contributed by atoms with Crippen molar-refractivity contribution in [3.8, 4) is 23.1 Å². The van der Waals surface area contributed by atoms with Crippen molar-refractivity contribution in [1.82, 2.24) is 29.1 Å². The van der Waals surface area contributed by atoms with Crippen molar-refractivity contribution in [2.24, 2.45) is 7.05 Å². The van der Waals surface area contributed by atoms with Crippen LogP contribution in [0.3, 0.4) is 0 Å². The number of hydrogen-bond donors (Lipinski definition) is 0. The van der Waals surface area contributed by atoms with Crippen molar-refractivity contribution in [3.05, 3.63) is 54.5 Å². The molecule has 38 heavy (non-hydrogen) atoms. The largest absolute Gasteiger partial charge is 0.377 e. The van der Waals surface area contributed by atoms with Gasteiger partial charge in [-0.05, 0) is 24.8 Å². The van der Waals surface area contributed by atoms with Gasteiger partial charge in [-0.25, -0.2) is 19.9 Å². The lowest BCUT2D eigenvalue weighted by molar-refractivity contribution is 0.0866. The van der Waals surface area contributed by atoms with Gasteiger partial charge in [-0.3, -0.25) is 4.57 Å². The fraction of sp³-hybridized carbons (Fsp3) is 0.429. The molecule has 0 unspecified atom stereocenters. The van der Waals surface area contributed by atoms with E-state index in [1.807, 2.05) is 52.7 Å². The Balaban J connectivity index is 1.49. The van der Waals surface area contributed by atoms with Crippen LogP contribution >= 0.6 is 0 Å². The predicted molar refractivity (Wildman–Crippen MR) is 152 cm³/mol. The van der Waals surface area contributed by atoms with E-state index in [4.69, 9.17) is 24.4 Å². The van der Waals surface area contributed by atoms with Crippen molar-refractivity contribution < 1.29 is 9.47 Å². The van der Waals surface area contributed by atoms with Gasteiger partial charge in [0.2, 0.25) is 5.82 Å². The van der Waals surface area contributed by atoms with Gasteiger partial charge in [-0.1, -0.05) is 50.0 Å². The third-order valence-electron chi connectivity index (χ3n) is 6.54. The van der Waals surface area contributed by atoms with E-state index in [0.29, 0.717) is 31.6 Å². The number of hydrogen-bond acceptors (Lipinski definition) is 7. The number of fused-ring (bicyclic) bond motifs is 1. The Labute approximate surface area is 224 Å². The summed E-state index contributed by atoms with van der Waals surface area (Å²) in [6.07, 6.45) is 3.77. The van der Waals surface area contributed by atoms with Crippen LogP contribution < -0.4 is 4.90 Å². The number of ether oxygens (including phenoxy) is 2. The van der Waals surface area contributed by atoms with Crippen LogP contribution in [0.25, 0.3) is 22.4 Å². The molecular weight excluding hydrogens is 494 g/mol. The van der Waals surface area contributed by atoms with Crippen molar-refractivity contribution in [2.75, 3.05) is 31.3 Å². The number of rotatable bonds is 7. The van der Waals surface area contributed by atoms with Crippen LogP contribution in [0.4, 0.5) is 5.82 Å². The summed E-state index contributed by atoms with van der Waals surface area (Å²) < 4.78 is 15.5. The number of aromatic nitrogens is 6. The average Bonchev–Trinajstić information content (AvgIpc) is 3.49. The van der Waals surface area contributed by atoms with Gasteiger partial charge in [-0.2, -0.15) is 0 Å². The molecule has 4 heterocycles. The molecule has 9 nitrogen and oxygen atoms in total. The Morgan fingerprint density at radius 2 is 1.92 bits per heavy atom. The van der Waals surface area contributed by atoms with Gasteiger partial charge >= 0.3 is 0 Å². The fourth-order valence-electron chi connectivity index (χ4n) is 4.31. The molecule has 0 aliphatic carbocycles. The van der Waals surface area contributed by atoms with Gasteiger partial charge in [0.15, 0.2) is 22.8 Å². The second-order valence-corrected chi connectivity index (χ2v) is 16.5.